The van der Waals surface area contributed by atoms with Crippen LogP contribution in [-0.4, -0.2) is 10.0 Å². The van der Waals surface area contributed by atoms with Crippen molar-refractivity contribution in [3.05, 3.63) is 58.1 Å². The lowest BCUT2D eigenvalue weighted by Crippen LogP contribution is -1.93. The standard InChI is InChI=1S/C13H11NO3/c1-9-4-2-3-5-11(9)12-8-10(15)6-7-13(12)14(16)17/h2-8,15H,1H3. The summed E-state index contributed by atoms with van der Waals surface area (Å²) in [6, 6.07) is 11.4. The van der Waals surface area contributed by atoms with Crippen LogP contribution in [0.25, 0.3) is 11.1 Å². The van der Waals surface area contributed by atoms with Gasteiger partial charge in [-0.15, -0.1) is 0 Å². The van der Waals surface area contributed by atoms with Crippen molar-refractivity contribution >= 4 is 5.69 Å². The molecule has 0 bridgehead atoms. The van der Waals surface area contributed by atoms with E-state index in [1.54, 1.807) is 6.07 Å². The fourth-order valence-electron chi connectivity index (χ4n) is 1.77. The highest BCUT2D eigenvalue weighted by molar-refractivity contribution is 5.77. The van der Waals surface area contributed by atoms with Crippen LogP contribution in [0.2, 0.25) is 0 Å². The van der Waals surface area contributed by atoms with Gasteiger partial charge in [0.05, 0.1) is 10.5 Å². The molecule has 2 aromatic carbocycles. The number of nitro groups is 1. The second kappa shape index (κ2) is 4.25. The quantitative estimate of drug-likeness (QED) is 0.634. The molecule has 2 aromatic rings. The van der Waals surface area contributed by atoms with E-state index in [-0.39, 0.29) is 11.4 Å². The van der Waals surface area contributed by atoms with Crippen LogP contribution in [0.4, 0.5) is 5.69 Å². The molecule has 4 heteroatoms. The highest BCUT2D eigenvalue weighted by Gasteiger charge is 2.16. The third-order valence-corrected chi connectivity index (χ3v) is 2.61. The zero-order chi connectivity index (χ0) is 12.4. The van der Waals surface area contributed by atoms with Crippen LogP contribution in [0.5, 0.6) is 5.75 Å². The van der Waals surface area contributed by atoms with E-state index in [1.165, 1.54) is 18.2 Å². The molecule has 0 aromatic heterocycles. The van der Waals surface area contributed by atoms with Crippen molar-refractivity contribution in [1.82, 2.24) is 0 Å². The van der Waals surface area contributed by atoms with Crippen LogP contribution in [-0.2, 0) is 0 Å². The summed E-state index contributed by atoms with van der Waals surface area (Å²) in [4.78, 5) is 10.5. The second-order valence-corrected chi connectivity index (χ2v) is 3.77. The molecule has 0 saturated carbocycles. The van der Waals surface area contributed by atoms with Crippen LogP contribution < -0.4 is 0 Å². The van der Waals surface area contributed by atoms with Crippen molar-refractivity contribution in [2.45, 2.75) is 6.92 Å². The molecule has 86 valence electrons. The Labute approximate surface area is 98.3 Å². The van der Waals surface area contributed by atoms with Crippen molar-refractivity contribution in [2.75, 3.05) is 0 Å². The normalized spacial score (nSPS) is 10.2. The maximum atomic E-state index is 10.9. The first-order valence-corrected chi connectivity index (χ1v) is 5.13. The molecule has 1 N–H and O–H groups in total. The summed E-state index contributed by atoms with van der Waals surface area (Å²) in [5, 5.41) is 20.4. The summed E-state index contributed by atoms with van der Waals surface area (Å²) in [6.07, 6.45) is 0. The number of hydrogen-bond acceptors (Lipinski definition) is 3. The fourth-order valence-corrected chi connectivity index (χ4v) is 1.77. The van der Waals surface area contributed by atoms with E-state index in [2.05, 4.69) is 0 Å². The average molecular weight is 229 g/mol. The number of aryl methyl sites for hydroxylation is 1. The smallest absolute Gasteiger partial charge is 0.277 e. The summed E-state index contributed by atoms with van der Waals surface area (Å²) >= 11 is 0. The van der Waals surface area contributed by atoms with Gasteiger partial charge in [-0.3, -0.25) is 10.1 Å². The molecule has 0 heterocycles. The first-order chi connectivity index (χ1) is 8.09. The van der Waals surface area contributed by atoms with Crippen LogP contribution >= 0.6 is 0 Å². The molecule has 17 heavy (non-hydrogen) atoms. The van der Waals surface area contributed by atoms with E-state index < -0.39 is 4.92 Å². The van der Waals surface area contributed by atoms with Gasteiger partial charge in [0.2, 0.25) is 0 Å². The Kier molecular flexibility index (Phi) is 2.78. The molecule has 0 spiro atoms. The minimum absolute atomic E-state index is 0.00269. The first-order valence-electron chi connectivity index (χ1n) is 5.13. The predicted molar refractivity (Wildman–Crippen MR) is 64.9 cm³/mol. The minimum atomic E-state index is -0.443. The van der Waals surface area contributed by atoms with Crippen LogP contribution in [0, 0.1) is 17.0 Å². The zero-order valence-electron chi connectivity index (χ0n) is 9.25. The molecule has 0 aliphatic rings. The van der Waals surface area contributed by atoms with Crippen molar-refractivity contribution in [2.24, 2.45) is 0 Å². The third-order valence-electron chi connectivity index (χ3n) is 2.61. The van der Waals surface area contributed by atoms with Crippen molar-refractivity contribution in [3.8, 4) is 16.9 Å². The number of aromatic hydroxyl groups is 1. The number of nitrogens with zero attached hydrogens (tertiary/aromatic N) is 1. The van der Waals surface area contributed by atoms with Gasteiger partial charge in [-0.2, -0.15) is 0 Å². The lowest BCUT2D eigenvalue weighted by molar-refractivity contribution is -0.384. The van der Waals surface area contributed by atoms with E-state index in [9.17, 15) is 15.2 Å². The zero-order valence-corrected chi connectivity index (χ0v) is 9.25. The Hall–Kier alpha value is -2.36. The number of phenols is 1. The maximum absolute atomic E-state index is 10.9. The molecular weight excluding hydrogens is 218 g/mol. The molecule has 0 radical (unpaired) electrons. The highest BCUT2D eigenvalue weighted by Crippen LogP contribution is 2.34. The molecule has 4 nitrogen and oxygen atoms in total. The van der Waals surface area contributed by atoms with Gasteiger partial charge in [-0.25, -0.2) is 0 Å². The maximum Gasteiger partial charge on any atom is 0.277 e. The third kappa shape index (κ3) is 2.10. The average Bonchev–Trinajstić information content (AvgIpc) is 2.29. The molecule has 2 rings (SSSR count). The van der Waals surface area contributed by atoms with Crippen LogP contribution in [0.3, 0.4) is 0 Å². The van der Waals surface area contributed by atoms with E-state index in [4.69, 9.17) is 0 Å². The molecule has 0 saturated heterocycles. The molecule has 0 unspecified atom stereocenters. The molecular formula is C13H11NO3. The number of hydrogen-bond donors (Lipinski definition) is 1. The summed E-state index contributed by atoms with van der Waals surface area (Å²) in [5.74, 6) is 0.0221. The van der Waals surface area contributed by atoms with Gasteiger partial charge in [0.1, 0.15) is 5.75 Å². The van der Waals surface area contributed by atoms with Crippen molar-refractivity contribution < 1.29 is 10.0 Å². The molecule has 0 aliphatic carbocycles. The van der Waals surface area contributed by atoms with E-state index in [1.807, 2.05) is 25.1 Å². The fraction of sp³-hybridized carbons (Fsp3) is 0.0769. The minimum Gasteiger partial charge on any atom is -0.508 e. The molecule has 0 aliphatic heterocycles. The number of nitro benzene ring substituents is 1. The van der Waals surface area contributed by atoms with Crippen LogP contribution in [0.15, 0.2) is 42.5 Å². The molecule has 0 fully saturated rings. The monoisotopic (exact) mass is 229 g/mol. The Bertz CT molecular complexity index is 579. The van der Waals surface area contributed by atoms with Gasteiger partial charge in [0.15, 0.2) is 0 Å². The summed E-state index contributed by atoms with van der Waals surface area (Å²) < 4.78 is 0. The van der Waals surface area contributed by atoms with Gasteiger partial charge in [-0.05, 0) is 30.2 Å². The summed E-state index contributed by atoms with van der Waals surface area (Å²) in [7, 11) is 0. The number of phenolic OH excluding ortho intramolecular Hbond substituents is 1. The Morgan fingerprint density at radius 1 is 1.12 bits per heavy atom. The predicted octanol–water partition coefficient (Wildman–Crippen LogP) is 3.28. The Morgan fingerprint density at radius 3 is 2.47 bits per heavy atom. The summed E-state index contributed by atoms with van der Waals surface area (Å²) in [5.41, 5.74) is 2.13. The van der Waals surface area contributed by atoms with E-state index >= 15 is 0 Å². The second-order valence-electron chi connectivity index (χ2n) is 3.77. The van der Waals surface area contributed by atoms with Gasteiger partial charge in [-0.1, -0.05) is 24.3 Å². The lowest BCUT2D eigenvalue weighted by atomic mass is 9.99. The number of benzene rings is 2. The molecule has 0 atom stereocenters. The summed E-state index contributed by atoms with van der Waals surface area (Å²) in [6.45, 7) is 1.88. The topological polar surface area (TPSA) is 63.4 Å². The highest BCUT2D eigenvalue weighted by atomic mass is 16.6. The van der Waals surface area contributed by atoms with E-state index in [0.29, 0.717) is 5.56 Å². The van der Waals surface area contributed by atoms with Gasteiger partial charge in [0.25, 0.3) is 5.69 Å². The molecule has 0 amide bonds. The Balaban J connectivity index is 2.70. The van der Waals surface area contributed by atoms with Gasteiger partial charge >= 0.3 is 0 Å². The van der Waals surface area contributed by atoms with Gasteiger partial charge in [0, 0.05) is 6.07 Å². The van der Waals surface area contributed by atoms with Crippen molar-refractivity contribution in [1.29, 1.82) is 0 Å². The lowest BCUT2D eigenvalue weighted by Gasteiger charge is -2.06. The number of rotatable bonds is 2. The van der Waals surface area contributed by atoms with E-state index in [0.717, 1.165) is 11.1 Å². The van der Waals surface area contributed by atoms with Gasteiger partial charge < -0.3 is 5.11 Å². The van der Waals surface area contributed by atoms with Crippen LogP contribution in [0.1, 0.15) is 5.56 Å². The SMILES string of the molecule is Cc1ccccc1-c1cc(O)ccc1[N+](=O)[O-]. The first kappa shape index (κ1) is 11.1. The van der Waals surface area contributed by atoms with Crippen molar-refractivity contribution in [3.63, 3.8) is 0 Å². The Morgan fingerprint density at radius 2 is 1.82 bits per heavy atom. The largest absolute Gasteiger partial charge is 0.508 e.